The molecule has 22 nitrogen and oxygen atoms in total. The van der Waals surface area contributed by atoms with Crippen LogP contribution in [0.4, 0.5) is 0 Å². The van der Waals surface area contributed by atoms with Crippen LogP contribution in [-0.2, 0) is 40.0 Å². The van der Waals surface area contributed by atoms with Gasteiger partial charge in [0.1, 0.15) is 30.4 Å². The van der Waals surface area contributed by atoms with Crippen molar-refractivity contribution in [3.05, 3.63) is 29.8 Å². The lowest BCUT2D eigenvalue weighted by Gasteiger charge is -2.23. The zero-order valence-corrected chi connectivity index (χ0v) is 27.7. The summed E-state index contributed by atoms with van der Waals surface area (Å²) < 4.78 is 0. The van der Waals surface area contributed by atoms with Gasteiger partial charge < -0.3 is 70.6 Å². The first-order valence-electron chi connectivity index (χ1n) is 15.5. The summed E-state index contributed by atoms with van der Waals surface area (Å²) in [5, 5.41) is 39.3. The number of carbonyl (C=O) groups excluding carboxylic acids is 5. The van der Waals surface area contributed by atoms with Gasteiger partial charge in [-0.25, -0.2) is 0 Å². The van der Waals surface area contributed by atoms with Gasteiger partial charge in [0, 0.05) is 19.5 Å². The lowest BCUT2D eigenvalue weighted by atomic mass is 10.0. The quantitative estimate of drug-likeness (QED) is 0.0285. The number of rotatable bonds is 23. The van der Waals surface area contributed by atoms with Gasteiger partial charge >= 0.3 is 11.9 Å². The van der Waals surface area contributed by atoms with Crippen LogP contribution in [0.5, 0.6) is 5.75 Å². The van der Waals surface area contributed by atoms with Crippen molar-refractivity contribution in [1.82, 2.24) is 26.6 Å². The molecule has 22 heteroatoms. The van der Waals surface area contributed by atoms with E-state index in [9.17, 15) is 43.8 Å². The number of aromatic hydroxyl groups is 1. The molecule has 0 radical (unpaired) electrons. The van der Waals surface area contributed by atoms with Crippen molar-refractivity contribution >= 4 is 53.4 Å². The van der Waals surface area contributed by atoms with E-state index in [2.05, 4.69) is 36.6 Å². The van der Waals surface area contributed by atoms with Crippen molar-refractivity contribution in [2.45, 2.75) is 62.7 Å². The normalized spacial score (nSPS) is 12.8. The summed E-state index contributed by atoms with van der Waals surface area (Å²) in [4.78, 5) is 94.6. The van der Waals surface area contributed by atoms with E-state index in [1.54, 1.807) is 0 Å². The van der Waals surface area contributed by atoms with Crippen LogP contribution in [0.1, 0.15) is 37.7 Å². The molecule has 51 heavy (non-hydrogen) atoms. The Bertz CT molecular complexity index is 1430. The number of hydrogen-bond donors (Lipinski definition) is 13. The van der Waals surface area contributed by atoms with Gasteiger partial charge in [0.05, 0.1) is 19.0 Å². The molecule has 0 saturated carbocycles. The number of guanidine groups is 2. The molecule has 0 spiro atoms. The number of nitrogens with two attached hydrogens (primary N) is 5. The number of nitrogens with zero attached hydrogens (tertiary/aromatic N) is 2. The molecule has 1 aromatic rings. The standard InChI is InChI=1S/C29H46N12O10/c30-17(3-1-9-35-28(31)32)24(48)40-18(4-2-10-36-29(33)34)25(49)37-13-21(43)39-20(12-22(44)45)27(51)41-19(26(50)38-14-23(46)47)11-15-5-7-16(42)8-6-15/h5-8,17-20,42H,1-4,9-14,30H2,(H,37,49)(H,38,50)(H,39,43)(H,40,48)(H,41,51)(H,44,45)(H,46,47)(H4,31,32,35)(H4,33,34,36)/t17-,18-,19-,20-/m0/s1. The minimum absolute atomic E-state index is 0.0209. The molecule has 4 atom stereocenters. The third-order valence-electron chi connectivity index (χ3n) is 6.76. The summed E-state index contributed by atoms with van der Waals surface area (Å²) >= 11 is 0. The number of amides is 5. The molecule has 282 valence electrons. The molecule has 0 unspecified atom stereocenters. The Kier molecular flexibility index (Phi) is 18.9. The number of aliphatic carboxylic acids is 2. The van der Waals surface area contributed by atoms with Crippen LogP contribution in [0.3, 0.4) is 0 Å². The molecular weight excluding hydrogens is 676 g/mol. The van der Waals surface area contributed by atoms with E-state index in [4.69, 9.17) is 33.8 Å². The van der Waals surface area contributed by atoms with Crippen LogP contribution < -0.4 is 55.3 Å². The van der Waals surface area contributed by atoms with Crippen molar-refractivity contribution in [3.63, 3.8) is 0 Å². The summed E-state index contributed by atoms with van der Waals surface area (Å²) in [7, 11) is 0. The lowest BCUT2D eigenvalue weighted by molar-refractivity contribution is -0.141. The maximum absolute atomic E-state index is 13.1. The molecule has 0 aliphatic carbocycles. The zero-order chi connectivity index (χ0) is 38.5. The topological polar surface area (TPSA) is 395 Å². The Morgan fingerprint density at radius 1 is 0.647 bits per heavy atom. The molecule has 0 saturated heterocycles. The summed E-state index contributed by atoms with van der Waals surface area (Å²) in [6, 6.07) is 0.118. The Morgan fingerprint density at radius 3 is 1.73 bits per heavy atom. The molecule has 0 fully saturated rings. The molecule has 0 aromatic heterocycles. The van der Waals surface area contributed by atoms with Gasteiger partial charge in [-0.3, -0.25) is 43.5 Å². The number of phenols is 1. The Morgan fingerprint density at radius 2 is 1.18 bits per heavy atom. The smallest absolute Gasteiger partial charge is 0.322 e. The Balaban J connectivity index is 2.99. The highest BCUT2D eigenvalue weighted by molar-refractivity contribution is 5.96. The summed E-state index contributed by atoms with van der Waals surface area (Å²) in [5.41, 5.74) is 27.6. The van der Waals surface area contributed by atoms with Gasteiger partial charge in [0.15, 0.2) is 11.9 Å². The largest absolute Gasteiger partial charge is 0.508 e. The lowest BCUT2D eigenvalue weighted by Crippen LogP contribution is -2.57. The molecule has 0 bridgehead atoms. The monoisotopic (exact) mass is 722 g/mol. The zero-order valence-electron chi connectivity index (χ0n) is 27.7. The highest BCUT2D eigenvalue weighted by Gasteiger charge is 2.30. The number of nitrogens with one attached hydrogen (secondary N) is 5. The van der Waals surface area contributed by atoms with Crippen molar-refractivity contribution in [2.24, 2.45) is 38.7 Å². The Labute approximate surface area is 292 Å². The van der Waals surface area contributed by atoms with Crippen LogP contribution in [0.25, 0.3) is 0 Å². The fourth-order valence-electron chi connectivity index (χ4n) is 4.26. The summed E-state index contributed by atoms with van der Waals surface area (Å²) in [6.45, 7) is -1.21. The van der Waals surface area contributed by atoms with E-state index in [0.29, 0.717) is 12.0 Å². The third-order valence-corrected chi connectivity index (χ3v) is 6.76. The average Bonchev–Trinajstić information content (AvgIpc) is 3.05. The van der Waals surface area contributed by atoms with Crippen molar-refractivity contribution in [2.75, 3.05) is 26.2 Å². The molecule has 1 rings (SSSR count). The SMILES string of the molecule is NC(N)=NCCC[C@H](NC(=O)[C@@H](N)CCCN=C(N)N)C(=O)NCC(=O)N[C@@H](CC(=O)O)C(=O)N[C@@H](Cc1ccc(O)cc1)C(=O)NCC(=O)O. The van der Waals surface area contributed by atoms with Crippen LogP contribution in [0, 0.1) is 0 Å². The number of hydrogen-bond acceptors (Lipinski definition) is 11. The van der Waals surface area contributed by atoms with Gasteiger partial charge in [-0.1, -0.05) is 12.1 Å². The van der Waals surface area contributed by atoms with E-state index in [1.807, 2.05) is 0 Å². The van der Waals surface area contributed by atoms with Crippen molar-refractivity contribution in [3.8, 4) is 5.75 Å². The number of phenolic OH excluding ortho intramolecular Hbond substituents is 1. The van der Waals surface area contributed by atoms with Gasteiger partial charge in [0.2, 0.25) is 29.5 Å². The van der Waals surface area contributed by atoms with Crippen LogP contribution >= 0.6 is 0 Å². The van der Waals surface area contributed by atoms with Crippen LogP contribution in [0.15, 0.2) is 34.3 Å². The number of carboxylic acid groups (broad SMARTS) is 2. The third kappa shape index (κ3) is 18.8. The summed E-state index contributed by atoms with van der Waals surface area (Å²) in [6.07, 6.45) is -0.335. The van der Waals surface area contributed by atoms with Crippen LogP contribution in [0.2, 0.25) is 0 Å². The molecule has 0 aliphatic rings. The highest BCUT2D eigenvalue weighted by Crippen LogP contribution is 2.12. The first kappa shape index (κ1) is 42.8. The van der Waals surface area contributed by atoms with E-state index >= 15 is 0 Å². The van der Waals surface area contributed by atoms with E-state index < -0.39 is 85.2 Å². The number of carboxylic acids is 2. The maximum Gasteiger partial charge on any atom is 0.322 e. The van der Waals surface area contributed by atoms with Gasteiger partial charge in [-0.15, -0.1) is 0 Å². The Hall–Kier alpha value is -6.19. The molecule has 0 aliphatic heterocycles. The number of aliphatic imine (C=N–C) groups is 2. The predicted molar refractivity (Wildman–Crippen MR) is 181 cm³/mol. The second-order valence-electron chi connectivity index (χ2n) is 11.0. The van der Waals surface area contributed by atoms with E-state index in [0.717, 1.165) is 0 Å². The maximum atomic E-state index is 13.1. The minimum Gasteiger partial charge on any atom is -0.508 e. The first-order chi connectivity index (χ1) is 24.0. The fourth-order valence-corrected chi connectivity index (χ4v) is 4.26. The van der Waals surface area contributed by atoms with Crippen molar-refractivity contribution < 1.29 is 48.9 Å². The average molecular weight is 723 g/mol. The molecule has 5 amide bonds. The predicted octanol–water partition coefficient (Wildman–Crippen LogP) is -5.38. The number of benzene rings is 1. The van der Waals surface area contributed by atoms with Gasteiger partial charge in [-0.2, -0.15) is 0 Å². The molecule has 18 N–H and O–H groups in total. The van der Waals surface area contributed by atoms with E-state index in [1.165, 1.54) is 24.3 Å². The summed E-state index contributed by atoms with van der Waals surface area (Å²) in [5.74, 6) is -7.79. The fraction of sp³-hybridized carbons (Fsp3) is 0.483. The number of carbonyl (C=O) groups is 7. The molecule has 1 aromatic carbocycles. The van der Waals surface area contributed by atoms with Crippen LogP contribution in [-0.4, -0.2) is 119 Å². The second-order valence-corrected chi connectivity index (χ2v) is 11.0. The minimum atomic E-state index is -1.74. The molecular formula is C29H46N12O10. The highest BCUT2D eigenvalue weighted by atomic mass is 16.4. The molecule has 0 heterocycles. The second kappa shape index (κ2) is 22.4. The van der Waals surface area contributed by atoms with Gasteiger partial charge in [-0.05, 0) is 43.4 Å². The van der Waals surface area contributed by atoms with E-state index in [-0.39, 0.29) is 56.4 Å². The van der Waals surface area contributed by atoms with Gasteiger partial charge in [0.25, 0.3) is 0 Å². The van der Waals surface area contributed by atoms with Crippen molar-refractivity contribution in [1.29, 1.82) is 0 Å². The first-order valence-corrected chi connectivity index (χ1v) is 15.5.